The monoisotopic (exact) mass is 325 g/mol. The maximum absolute atomic E-state index is 12.2. The van der Waals surface area contributed by atoms with E-state index in [2.05, 4.69) is 20.6 Å². The van der Waals surface area contributed by atoms with E-state index in [1.54, 1.807) is 7.11 Å². The Balaban J connectivity index is 1.86. The van der Waals surface area contributed by atoms with Crippen molar-refractivity contribution in [1.29, 1.82) is 0 Å². The van der Waals surface area contributed by atoms with E-state index in [-0.39, 0.29) is 12.5 Å². The number of aryl methyl sites for hydroxylation is 1. The van der Waals surface area contributed by atoms with E-state index in [1.165, 1.54) is 0 Å². The molecule has 0 atom stereocenters. The molecule has 2 aliphatic rings. The number of fused-ring (bicyclic) bond motifs is 2. The molecule has 0 spiro atoms. The molecule has 0 fully saturated rings. The van der Waals surface area contributed by atoms with Crippen LogP contribution in [0.15, 0.2) is 18.2 Å². The highest BCUT2D eigenvalue weighted by atomic mass is 16.5. The summed E-state index contributed by atoms with van der Waals surface area (Å²) in [6, 6.07) is 5.68. The second kappa shape index (κ2) is 5.67. The van der Waals surface area contributed by atoms with Gasteiger partial charge in [0.1, 0.15) is 18.1 Å². The van der Waals surface area contributed by atoms with E-state index in [4.69, 9.17) is 4.74 Å². The number of hydrogen-bond acceptors (Lipinski definition) is 6. The van der Waals surface area contributed by atoms with Crippen LogP contribution in [0.4, 0.5) is 23.1 Å². The maximum Gasteiger partial charge on any atom is 0.244 e. The number of nitrogens with zero attached hydrogens (tertiary/aromatic N) is 3. The number of hydrogen-bond donors (Lipinski definition) is 2. The number of methoxy groups -OCH3 is 1. The molecular weight excluding hydrogens is 306 g/mol. The summed E-state index contributed by atoms with van der Waals surface area (Å²) in [5.41, 5.74) is 3.88. The molecule has 0 radical (unpaired) electrons. The van der Waals surface area contributed by atoms with Crippen LogP contribution in [-0.4, -0.2) is 36.6 Å². The fraction of sp³-hybridized carbons (Fsp3) is 0.353. The molecule has 7 heteroatoms. The number of carbonyl (C=O) groups excluding carboxylic acids is 1. The van der Waals surface area contributed by atoms with Gasteiger partial charge in [0.05, 0.1) is 24.2 Å². The summed E-state index contributed by atoms with van der Waals surface area (Å²) >= 11 is 0. The number of ether oxygens (including phenoxy) is 1. The molecular formula is C17H19N5O2. The van der Waals surface area contributed by atoms with E-state index in [9.17, 15) is 4.79 Å². The van der Waals surface area contributed by atoms with Crippen molar-refractivity contribution in [3.63, 3.8) is 0 Å². The molecule has 1 aromatic carbocycles. The molecule has 0 bridgehead atoms. The third-order valence-corrected chi connectivity index (χ3v) is 4.46. The number of aromatic nitrogens is 2. The zero-order valence-electron chi connectivity index (χ0n) is 13.7. The van der Waals surface area contributed by atoms with Crippen molar-refractivity contribution in [2.24, 2.45) is 0 Å². The number of anilines is 4. The summed E-state index contributed by atoms with van der Waals surface area (Å²) in [5.74, 6) is 2.06. The number of rotatable bonds is 3. The SMILES string of the molecule is CNc1nc2c(c(N3CC(=O)Nc4cc(OC)ccc43)n1)CCC2. The van der Waals surface area contributed by atoms with Crippen molar-refractivity contribution in [3.05, 3.63) is 29.5 Å². The number of nitrogens with one attached hydrogen (secondary N) is 2. The van der Waals surface area contributed by atoms with Gasteiger partial charge in [0.15, 0.2) is 0 Å². The van der Waals surface area contributed by atoms with Gasteiger partial charge in [-0.25, -0.2) is 4.98 Å². The van der Waals surface area contributed by atoms with Crippen molar-refractivity contribution in [1.82, 2.24) is 9.97 Å². The summed E-state index contributed by atoms with van der Waals surface area (Å²) < 4.78 is 5.26. The number of benzene rings is 1. The Labute approximate surface area is 140 Å². The highest BCUT2D eigenvalue weighted by Crippen LogP contribution is 2.40. The zero-order valence-corrected chi connectivity index (χ0v) is 13.7. The van der Waals surface area contributed by atoms with Crippen LogP contribution in [-0.2, 0) is 17.6 Å². The van der Waals surface area contributed by atoms with Crippen molar-refractivity contribution in [3.8, 4) is 5.75 Å². The van der Waals surface area contributed by atoms with Gasteiger partial charge in [0.2, 0.25) is 11.9 Å². The van der Waals surface area contributed by atoms with E-state index in [0.29, 0.717) is 11.7 Å². The van der Waals surface area contributed by atoms with Crippen LogP contribution >= 0.6 is 0 Å². The van der Waals surface area contributed by atoms with E-state index < -0.39 is 0 Å². The van der Waals surface area contributed by atoms with Crippen LogP contribution in [0.25, 0.3) is 0 Å². The van der Waals surface area contributed by atoms with Gasteiger partial charge in [-0.15, -0.1) is 0 Å². The van der Waals surface area contributed by atoms with Gasteiger partial charge >= 0.3 is 0 Å². The quantitative estimate of drug-likeness (QED) is 0.900. The maximum atomic E-state index is 12.2. The van der Waals surface area contributed by atoms with Crippen molar-refractivity contribution < 1.29 is 9.53 Å². The summed E-state index contributed by atoms with van der Waals surface area (Å²) in [4.78, 5) is 23.4. The lowest BCUT2D eigenvalue weighted by Crippen LogP contribution is -2.36. The largest absolute Gasteiger partial charge is 0.497 e. The fourth-order valence-corrected chi connectivity index (χ4v) is 3.33. The van der Waals surface area contributed by atoms with Crippen LogP contribution in [0.5, 0.6) is 5.75 Å². The van der Waals surface area contributed by atoms with Crippen LogP contribution < -0.4 is 20.3 Å². The first-order valence-corrected chi connectivity index (χ1v) is 8.02. The van der Waals surface area contributed by atoms with Gasteiger partial charge in [0, 0.05) is 18.7 Å². The van der Waals surface area contributed by atoms with Gasteiger partial charge in [-0.2, -0.15) is 4.98 Å². The van der Waals surface area contributed by atoms with Gasteiger partial charge in [-0.05, 0) is 31.4 Å². The topological polar surface area (TPSA) is 79.4 Å². The lowest BCUT2D eigenvalue weighted by atomic mass is 10.1. The molecule has 7 nitrogen and oxygen atoms in total. The highest BCUT2D eigenvalue weighted by molar-refractivity contribution is 6.03. The lowest BCUT2D eigenvalue weighted by Gasteiger charge is -2.31. The molecule has 0 saturated carbocycles. The van der Waals surface area contributed by atoms with Crippen molar-refractivity contribution >= 4 is 29.0 Å². The smallest absolute Gasteiger partial charge is 0.244 e. The summed E-state index contributed by atoms with van der Waals surface area (Å²) in [7, 11) is 3.42. The minimum absolute atomic E-state index is 0.0629. The normalized spacial score (nSPS) is 15.6. The van der Waals surface area contributed by atoms with Crippen LogP contribution in [0.1, 0.15) is 17.7 Å². The van der Waals surface area contributed by atoms with Crippen molar-refractivity contribution in [2.45, 2.75) is 19.3 Å². The highest BCUT2D eigenvalue weighted by Gasteiger charge is 2.29. The molecule has 1 aromatic heterocycles. The Bertz CT molecular complexity index is 821. The first kappa shape index (κ1) is 14.7. The number of amides is 1. The molecule has 1 aliphatic carbocycles. The first-order chi connectivity index (χ1) is 11.7. The second-order valence-electron chi connectivity index (χ2n) is 5.92. The fourth-order valence-electron chi connectivity index (χ4n) is 3.33. The van der Waals surface area contributed by atoms with E-state index in [0.717, 1.165) is 47.7 Å². The van der Waals surface area contributed by atoms with E-state index >= 15 is 0 Å². The van der Waals surface area contributed by atoms with Gasteiger partial charge in [0.25, 0.3) is 0 Å². The third kappa shape index (κ3) is 2.33. The Kier molecular flexibility index (Phi) is 3.48. The standard InChI is InChI=1S/C17H19N5O2/c1-18-17-20-12-5-3-4-11(12)16(21-17)22-9-15(23)19-13-8-10(24-2)6-7-14(13)22/h6-8H,3-5,9H2,1-2H3,(H,19,23)(H,18,20,21). The summed E-state index contributed by atoms with van der Waals surface area (Å²) in [6.07, 6.45) is 2.97. The first-order valence-electron chi connectivity index (χ1n) is 8.02. The Hall–Kier alpha value is -2.83. The lowest BCUT2D eigenvalue weighted by molar-refractivity contribution is -0.115. The van der Waals surface area contributed by atoms with Gasteiger partial charge in [-0.3, -0.25) is 4.79 Å². The molecule has 4 rings (SSSR count). The zero-order chi connectivity index (χ0) is 16.7. The Morgan fingerprint density at radius 1 is 1.29 bits per heavy atom. The average molecular weight is 325 g/mol. The molecule has 1 amide bonds. The minimum atomic E-state index is -0.0629. The summed E-state index contributed by atoms with van der Waals surface area (Å²) in [5, 5.41) is 5.93. The Morgan fingerprint density at radius 3 is 2.96 bits per heavy atom. The predicted octanol–water partition coefficient (Wildman–Crippen LogP) is 2.11. The van der Waals surface area contributed by atoms with E-state index in [1.807, 2.05) is 30.1 Å². The predicted molar refractivity (Wildman–Crippen MR) is 92.2 cm³/mol. The van der Waals surface area contributed by atoms with Crippen LogP contribution in [0.3, 0.4) is 0 Å². The molecule has 2 aromatic rings. The van der Waals surface area contributed by atoms with Crippen molar-refractivity contribution in [2.75, 3.05) is 36.2 Å². The van der Waals surface area contributed by atoms with Gasteiger partial charge in [-0.1, -0.05) is 0 Å². The minimum Gasteiger partial charge on any atom is -0.497 e. The average Bonchev–Trinajstić information content (AvgIpc) is 3.07. The number of carbonyl (C=O) groups is 1. The molecule has 0 unspecified atom stereocenters. The van der Waals surface area contributed by atoms with Gasteiger partial charge < -0.3 is 20.3 Å². The summed E-state index contributed by atoms with van der Waals surface area (Å²) in [6.45, 7) is 0.242. The Morgan fingerprint density at radius 2 is 2.17 bits per heavy atom. The molecule has 124 valence electrons. The molecule has 2 N–H and O–H groups in total. The molecule has 1 aliphatic heterocycles. The van der Waals surface area contributed by atoms with Crippen LogP contribution in [0.2, 0.25) is 0 Å². The molecule has 24 heavy (non-hydrogen) atoms. The molecule has 0 saturated heterocycles. The van der Waals surface area contributed by atoms with Crippen LogP contribution in [0, 0.1) is 0 Å². The third-order valence-electron chi connectivity index (χ3n) is 4.46. The molecule has 2 heterocycles. The second-order valence-corrected chi connectivity index (χ2v) is 5.92.